The van der Waals surface area contributed by atoms with Crippen molar-refractivity contribution in [3.05, 3.63) is 88.1 Å². The number of fused-ring (bicyclic) bond motifs is 5. The topological polar surface area (TPSA) is 105 Å². The number of rotatable bonds is 4. The first-order chi connectivity index (χ1) is 17.5. The molecule has 8 heteroatoms. The van der Waals surface area contributed by atoms with Gasteiger partial charge in [-0.25, -0.2) is 0 Å². The molecule has 1 fully saturated rings. The van der Waals surface area contributed by atoms with Crippen LogP contribution in [0.5, 0.6) is 0 Å². The van der Waals surface area contributed by atoms with E-state index >= 15 is 0 Å². The largest absolute Gasteiger partial charge is 0.396 e. The lowest BCUT2D eigenvalue weighted by Gasteiger charge is -2.37. The molecule has 8 nitrogen and oxygen atoms in total. The number of aromatic nitrogens is 2. The molecule has 0 saturated carbocycles. The number of carbonyl (C=O) groups is 2. The summed E-state index contributed by atoms with van der Waals surface area (Å²) in [6.45, 7) is 1.49. The summed E-state index contributed by atoms with van der Waals surface area (Å²) in [7, 11) is 0. The van der Waals surface area contributed by atoms with E-state index in [0.717, 1.165) is 18.4 Å². The van der Waals surface area contributed by atoms with Gasteiger partial charge in [-0.2, -0.15) is 0 Å². The maximum Gasteiger partial charge on any atom is 0.258 e. The van der Waals surface area contributed by atoms with E-state index in [1.54, 1.807) is 40.1 Å². The molecule has 2 amide bonds. The lowest BCUT2D eigenvalue weighted by molar-refractivity contribution is -0.134. The van der Waals surface area contributed by atoms with Crippen molar-refractivity contribution in [2.75, 3.05) is 6.61 Å². The molecule has 4 atom stereocenters. The van der Waals surface area contributed by atoms with Crippen molar-refractivity contribution < 1.29 is 14.7 Å². The van der Waals surface area contributed by atoms with Crippen LogP contribution in [0.3, 0.4) is 0 Å². The van der Waals surface area contributed by atoms with Crippen molar-refractivity contribution >= 4 is 11.8 Å². The number of hydrogen-bond acceptors (Lipinski definition) is 5. The van der Waals surface area contributed by atoms with Gasteiger partial charge in [-0.1, -0.05) is 24.3 Å². The van der Waals surface area contributed by atoms with Crippen LogP contribution in [0.1, 0.15) is 29.8 Å². The summed E-state index contributed by atoms with van der Waals surface area (Å²) in [4.78, 5) is 45.8. The maximum atomic E-state index is 13.8. The molecule has 2 N–H and O–H groups in total. The minimum atomic E-state index is -0.646. The summed E-state index contributed by atoms with van der Waals surface area (Å²) in [6, 6.07) is 14.3. The maximum absolute atomic E-state index is 13.8. The molecule has 0 radical (unpaired) electrons. The Balaban J connectivity index is 1.37. The molecular weight excluding hydrogens is 456 g/mol. The standard InChI is InChI=1S/C28H28N4O4/c1-16(34)32-24-14-31-23(7-6-21(28(31)36)17-8-10-29-11-9-17)26(32)25(22(24)15-33)27(35)30-20-12-18-4-2-3-5-19(18)13-20/h2-11,20,22,24-26,33H,12-15H2,1H3,(H,30,35)/t22-,24-,25+,26+/m0/s1. The number of nitrogens with zero attached hydrogens (tertiary/aromatic N) is 3. The second kappa shape index (κ2) is 8.71. The van der Waals surface area contributed by atoms with Crippen LogP contribution in [0.2, 0.25) is 0 Å². The van der Waals surface area contributed by atoms with E-state index in [-0.39, 0.29) is 36.6 Å². The quantitative estimate of drug-likeness (QED) is 0.587. The summed E-state index contributed by atoms with van der Waals surface area (Å²) in [5.41, 5.74) is 4.24. The molecule has 0 spiro atoms. The Kier molecular flexibility index (Phi) is 5.48. The van der Waals surface area contributed by atoms with Gasteiger partial charge in [0.2, 0.25) is 11.8 Å². The van der Waals surface area contributed by atoms with Gasteiger partial charge in [-0.3, -0.25) is 19.4 Å². The number of pyridine rings is 2. The van der Waals surface area contributed by atoms with Gasteiger partial charge in [-0.15, -0.1) is 0 Å². The van der Waals surface area contributed by atoms with Crippen molar-refractivity contribution in [2.24, 2.45) is 11.8 Å². The third-order valence-electron chi connectivity index (χ3n) is 8.10. The summed E-state index contributed by atoms with van der Waals surface area (Å²) in [5.74, 6) is -1.45. The lowest BCUT2D eigenvalue weighted by Crippen LogP contribution is -2.48. The Hall–Kier alpha value is -3.78. The van der Waals surface area contributed by atoms with Gasteiger partial charge in [0.1, 0.15) is 0 Å². The van der Waals surface area contributed by atoms with Crippen LogP contribution in [0.4, 0.5) is 0 Å². The van der Waals surface area contributed by atoms with Crippen LogP contribution in [-0.4, -0.2) is 50.1 Å². The predicted octanol–water partition coefficient (Wildman–Crippen LogP) is 1.70. The molecule has 3 aliphatic rings. The molecule has 4 heterocycles. The fourth-order valence-electron chi connectivity index (χ4n) is 6.55. The van der Waals surface area contributed by atoms with Gasteiger partial charge in [0.05, 0.1) is 18.0 Å². The Morgan fingerprint density at radius 3 is 2.39 bits per heavy atom. The molecular formula is C28H28N4O4. The summed E-state index contributed by atoms with van der Waals surface area (Å²) in [5, 5.41) is 13.6. The van der Waals surface area contributed by atoms with E-state index in [4.69, 9.17) is 0 Å². The number of amides is 2. The minimum Gasteiger partial charge on any atom is -0.396 e. The highest BCUT2D eigenvalue weighted by Crippen LogP contribution is 2.48. The second-order valence-corrected chi connectivity index (χ2v) is 10.0. The molecule has 2 aromatic heterocycles. The molecule has 1 saturated heterocycles. The number of nitrogens with one attached hydrogen (secondary N) is 1. The van der Waals surface area contributed by atoms with Gasteiger partial charge in [0.25, 0.3) is 5.56 Å². The average molecular weight is 485 g/mol. The van der Waals surface area contributed by atoms with Crippen molar-refractivity contribution in [3.63, 3.8) is 0 Å². The van der Waals surface area contributed by atoms with Gasteiger partial charge in [0.15, 0.2) is 0 Å². The van der Waals surface area contributed by atoms with E-state index in [1.165, 1.54) is 18.1 Å². The Morgan fingerprint density at radius 2 is 1.75 bits per heavy atom. The third-order valence-corrected chi connectivity index (χ3v) is 8.10. The molecule has 0 unspecified atom stereocenters. The van der Waals surface area contributed by atoms with Gasteiger partial charge >= 0.3 is 0 Å². The number of carbonyl (C=O) groups excluding carboxylic acids is 2. The van der Waals surface area contributed by atoms with E-state index in [1.807, 2.05) is 18.2 Å². The first-order valence-electron chi connectivity index (χ1n) is 12.4. The fourth-order valence-corrected chi connectivity index (χ4v) is 6.55. The highest BCUT2D eigenvalue weighted by Gasteiger charge is 2.57. The summed E-state index contributed by atoms with van der Waals surface area (Å²) in [6.07, 6.45) is 4.80. The number of benzene rings is 1. The first-order valence-corrected chi connectivity index (χ1v) is 12.4. The minimum absolute atomic E-state index is 0.0308. The highest BCUT2D eigenvalue weighted by atomic mass is 16.3. The lowest BCUT2D eigenvalue weighted by atomic mass is 9.86. The Bertz CT molecular complexity index is 1380. The normalized spacial score (nSPS) is 24.3. The Labute approximate surface area is 208 Å². The number of aliphatic hydroxyl groups is 1. The van der Waals surface area contributed by atoms with Crippen LogP contribution in [0.25, 0.3) is 11.1 Å². The van der Waals surface area contributed by atoms with E-state index in [0.29, 0.717) is 11.3 Å². The zero-order chi connectivity index (χ0) is 25.0. The second-order valence-electron chi connectivity index (χ2n) is 10.0. The van der Waals surface area contributed by atoms with Crippen LogP contribution in [0, 0.1) is 11.8 Å². The van der Waals surface area contributed by atoms with E-state index < -0.39 is 23.9 Å². The number of hydrogen-bond donors (Lipinski definition) is 2. The van der Waals surface area contributed by atoms with Crippen LogP contribution < -0.4 is 10.9 Å². The monoisotopic (exact) mass is 484 g/mol. The van der Waals surface area contributed by atoms with Gasteiger partial charge in [-0.05, 0) is 53.8 Å². The number of aliphatic hydroxyl groups excluding tert-OH is 1. The smallest absolute Gasteiger partial charge is 0.258 e. The first kappa shape index (κ1) is 22.7. The highest BCUT2D eigenvalue weighted by molar-refractivity contribution is 5.84. The van der Waals surface area contributed by atoms with E-state index in [9.17, 15) is 19.5 Å². The molecule has 3 aromatic rings. The molecule has 184 valence electrons. The van der Waals surface area contributed by atoms with Crippen molar-refractivity contribution in [2.45, 2.75) is 44.4 Å². The van der Waals surface area contributed by atoms with Crippen molar-refractivity contribution in [1.82, 2.24) is 19.8 Å². The molecule has 36 heavy (non-hydrogen) atoms. The van der Waals surface area contributed by atoms with Crippen LogP contribution in [0.15, 0.2) is 65.7 Å². The van der Waals surface area contributed by atoms with Gasteiger partial charge in [0, 0.05) is 55.7 Å². The molecule has 2 aliphatic heterocycles. The molecule has 2 bridgehead atoms. The van der Waals surface area contributed by atoms with Crippen LogP contribution in [-0.2, 0) is 29.0 Å². The zero-order valence-corrected chi connectivity index (χ0v) is 20.0. The van der Waals surface area contributed by atoms with Crippen molar-refractivity contribution in [1.29, 1.82) is 0 Å². The SMILES string of the molecule is CC(=O)N1[C@@H]2c3ccc(-c4ccncc4)c(=O)n3C[C@H]1[C@H](CO)[C@H]2C(=O)NC1Cc2ccccc2C1. The Morgan fingerprint density at radius 1 is 1.06 bits per heavy atom. The summed E-state index contributed by atoms with van der Waals surface area (Å²) < 4.78 is 1.69. The third kappa shape index (κ3) is 3.47. The fraction of sp³-hybridized carbons (Fsp3) is 0.357. The molecule has 1 aromatic carbocycles. The van der Waals surface area contributed by atoms with Crippen LogP contribution >= 0.6 is 0 Å². The van der Waals surface area contributed by atoms with E-state index in [2.05, 4.69) is 22.4 Å². The average Bonchev–Trinajstić information content (AvgIpc) is 3.40. The van der Waals surface area contributed by atoms with Crippen molar-refractivity contribution in [3.8, 4) is 11.1 Å². The van der Waals surface area contributed by atoms with Gasteiger partial charge < -0.3 is 19.9 Å². The predicted molar refractivity (Wildman–Crippen MR) is 133 cm³/mol. The molecule has 6 rings (SSSR count). The molecule has 1 aliphatic carbocycles. The summed E-state index contributed by atoms with van der Waals surface area (Å²) >= 11 is 0. The zero-order valence-electron chi connectivity index (χ0n) is 20.0.